The Balaban J connectivity index is 2.96. The highest BCUT2D eigenvalue weighted by Gasteiger charge is 2.26. The number of benzene rings is 1. The second-order valence-electron chi connectivity index (χ2n) is 5.59. The van der Waals surface area contributed by atoms with E-state index in [4.69, 9.17) is 4.74 Å². The molecule has 0 radical (unpaired) electrons. The lowest BCUT2D eigenvalue weighted by atomic mass is 9.99. The summed E-state index contributed by atoms with van der Waals surface area (Å²) < 4.78 is 31.5. The van der Waals surface area contributed by atoms with Crippen molar-refractivity contribution in [2.75, 3.05) is 20.3 Å². The zero-order valence-electron chi connectivity index (χ0n) is 14.5. The molecule has 0 aromatic heterocycles. The van der Waals surface area contributed by atoms with E-state index in [1.807, 2.05) is 6.92 Å². The van der Waals surface area contributed by atoms with Crippen molar-refractivity contribution in [2.24, 2.45) is 5.92 Å². The summed E-state index contributed by atoms with van der Waals surface area (Å²) in [4.78, 5) is 23.5. The molecule has 9 heteroatoms. The minimum Gasteiger partial charge on any atom is -0.480 e. The average Bonchev–Trinajstić information content (AvgIpc) is 2.58. The van der Waals surface area contributed by atoms with Gasteiger partial charge in [-0.2, -0.15) is 0 Å². The van der Waals surface area contributed by atoms with Crippen molar-refractivity contribution in [1.29, 1.82) is 0 Å². The lowest BCUT2D eigenvalue weighted by Crippen LogP contribution is -2.45. The normalized spacial score (nSPS) is 13.9. The van der Waals surface area contributed by atoms with Gasteiger partial charge in [-0.25, -0.2) is 17.9 Å². The molecule has 2 atom stereocenters. The molecule has 25 heavy (non-hydrogen) atoms. The van der Waals surface area contributed by atoms with Gasteiger partial charge in [0.25, 0.3) is 5.91 Å². The molecule has 0 spiro atoms. The lowest BCUT2D eigenvalue weighted by Gasteiger charge is -2.20. The van der Waals surface area contributed by atoms with E-state index >= 15 is 0 Å². The predicted octanol–water partition coefficient (Wildman–Crippen LogP) is 0.840. The maximum absolute atomic E-state index is 12.3. The fourth-order valence-electron chi connectivity index (χ4n) is 2.07. The first-order valence-corrected chi connectivity index (χ1v) is 9.33. The Morgan fingerprint density at radius 1 is 1.32 bits per heavy atom. The number of rotatable bonds is 10. The molecule has 0 saturated heterocycles. The summed E-state index contributed by atoms with van der Waals surface area (Å²) in [5.41, 5.74) is 0.0733. The number of hydrogen-bond donors (Lipinski definition) is 3. The number of aliphatic carboxylic acids is 1. The average molecular weight is 372 g/mol. The number of ether oxygens (including phenoxy) is 1. The minimum atomic E-state index is -3.78. The minimum absolute atomic E-state index is 0.0733. The Labute approximate surface area is 147 Å². The standard InChI is InChI=1S/C16H24N2O6S/c1-4-11(2)14(16(20)21)18-15(19)12-6-5-7-13(10-12)25(22,23)17-8-9-24-3/h5-7,10-11,14,17H,4,8-9H2,1-3H3,(H,18,19)(H,20,21)/t11-,14-/m0/s1. The molecule has 8 nitrogen and oxygen atoms in total. The molecule has 1 rings (SSSR count). The van der Waals surface area contributed by atoms with Crippen molar-refractivity contribution in [3.63, 3.8) is 0 Å². The summed E-state index contributed by atoms with van der Waals surface area (Å²) >= 11 is 0. The molecular weight excluding hydrogens is 348 g/mol. The van der Waals surface area contributed by atoms with Crippen molar-refractivity contribution in [3.8, 4) is 0 Å². The molecule has 1 aromatic carbocycles. The van der Waals surface area contributed by atoms with Crippen molar-refractivity contribution < 1.29 is 27.9 Å². The van der Waals surface area contributed by atoms with Gasteiger partial charge in [0.15, 0.2) is 0 Å². The Hall–Kier alpha value is -1.97. The van der Waals surface area contributed by atoms with Gasteiger partial charge in [-0.05, 0) is 24.1 Å². The van der Waals surface area contributed by atoms with E-state index in [1.165, 1.54) is 31.4 Å². The first kappa shape index (κ1) is 21.1. The second-order valence-corrected chi connectivity index (χ2v) is 7.36. The quantitative estimate of drug-likeness (QED) is 0.523. The summed E-state index contributed by atoms with van der Waals surface area (Å²) in [6.07, 6.45) is 0.578. The van der Waals surface area contributed by atoms with E-state index in [0.717, 1.165) is 0 Å². The van der Waals surface area contributed by atoms with E-state index in [1.54, 1.807) is 6.92 Å². The fourth-order valence-corrected chi connectivity index (χ4v) is 3.13. The van der Waals surface area contributed by atoms with Gasteiger partial charge in [0.05, 0.1) is 11.5 Å². The van der Waals surface area contributed by atoms with Crippen molar-refractivity contribution >= 4 is 21.9 Å². The van der Waals surface area contributed by atoms with Gasteiger partial charge < -0.3 is 15.2 Å². The van der Waals surface area contributed by atoms with E-state index in [0.29, 0.717) is 6.42 Å². The monoisotopic (exact) mass is 372 g/mol. The van der Waals surface area contributed by atoms with Crippen molar-refractivity contribution in [3.05, 3.63) is 29.8 Å². The highest BCUT2D eigenvalue weighted by Crippen LogP contribution is 2.13. The number of hydrogen-bond acceptors (Lipinski definition) is 5. The summed E-state index contributed by atoms with van der Waals surface area (Å²) in [6.45, 7) is 3.87. The third-order valence-electron chi connectivity index (χ3n) is 3.77. The van der Waals surface area contributed by atoms with Crippen LogP contribution < -0.4 is 10.0 Å². The molecule has 140 valence electrons. The molecule has 0 aliphatic carbocycles. The zero-order valence-corrected chi connectivity index (χ0v) is 15.3. The zero-order chi connectivity index (χ0) is 19.0. The number of carbonyl (C=O) groups excluding carboxylic acids is 1. The van der Waals surface area contributed by atoms with Gasteiger partial charge in [0, 0.05) is 19.2 Å². The Morgan fingerprint density at radius 3 is 2.56 bits per heavy atom. The van der Waals surface area contributed by atoms with Gasteiger partial charge in [-0.15, -0.1) is 0 Å². The Morgan fingerprint density at radius 2 is 2.00 bits per heavy atom. The number of methoxy groups -OCH3 is 1. The third-order valence-corrected chi connectivity index (χ3v) is 5.23. The van der Waals surface area contributed by atoms with Gasteiger partial charge in [0.1, 0.15) is 6.04 Å². The van der Waals surface area contributed by atoms with Crippen LogP contribution >= 0.6 is 0 Å². The van der Waals surface area contributed by atoms with Gasteiger partial charge in [-0.3, -0.25) is 4.79 Å². The number of amides is 1. The van der Waals surface area contributed by atoms with Gasteiger partial charge in [0.2, 0.25) is 10.0 Å². The van der Waals surface area contributed by atoms with Crippen LogP contribution in [0.15, 0.2) is 29.2 Å². The van der Waals surface area contributed by atoms with Gasteiger partial charge in [-0.1, -0.05) is 26.3 Å². The van der Waals surface area contributed by atoms with Crippen LogP contribution in [0.4, 0.5) is 0 Å². The summed E-state index contributed by atoms with van der Waals surface area (Å²) in [6, 6.07) is 4.38. The van der Waals surface area contributed by atoms with Crippen LogP contribution in [-0.4, -0.2) is 51.7 Å². The number of carboxylic acid groups (broad SMARTS) is 1. The van der Waals surface area contributed by atoms with Crippen LogP contribution in [0.2, 0.25) is 0 Å². The molecule has 0 fully saturated rings. The third kappa shape index (κ3) is 6.11. The van der Waals surface area contributed by atoms with Crippen molar-refractivity contribution in [2.45, 2.75) is 31.2 Å². The van der Waals surface area contributed by atoms with Gasteiger partial charge >= 0.3 is 5.97 Å². The molecule has 0 saturated carbocycles. The van der Waals surface area contributed by atoms with E-state index in [9.17, 15) is 23.1 Å². The molecule has 0 heterocycles. The van der Waals surface area contributed by atoms with Crippen molar-refractivity contribution in [1.82, 2.24) is 10.0 Å². The van der Waals surface area contributed by atoms with Crippen LogP contribution in [0.3, 0.4) is 0 Å². The molecule has 0 unspecified atom stereocenters. The van der Waals surface area contributed by atoms with E-state index in [-0.39, 0.29) is 29.5 Å². The first-order valence-electron chi connectivity index (χ1n) is 7.85. The molecule has 0 aliphatic heterocycles. The number of carbonyl (C=O) groups is 2. The maximum Gasteiger partial charge on any atom is 0.326 e. The Bertz CT molecular complexity index is 704. The maximum atomic E-state index is 12.3. The van der Waals surface area contributed by atoms with Crippen LogP contribution in [0.1, 0.15) is 30.6 Å². The second kappa shape index (κ2) is 9.50. The molecular formula is C16H24N2O6S. The van der Waals surface area contributed by atoms with Crippen LogP contribution in [0, 0.1) is 5.92 Å². The lowest BCUT2D eigenvalue weighted by molar-refractivity contribution is -0.140. The van der Waals surface area contributed by atoms with Crippen LogP contribution in [-0.2, 0) is 19.6 Å². The number of carboxylic acids is 1. The highest BCUT2D eigenvalue weighted by atomic mass is 32.2. The number of nitrogens with one attached hydrogen (secondary N) is 2. The summed E-state index contributed by atoms with van der Waals surface area (Å²) in [7, 11) is -2.33. The molecule has 0 aliphatic rings. The summed E-state index contributed by atoms with van der Waals surface area (Å²) in [5.74, 6) is -2.03. The molecule has 1 aromatic rings. The fraction of sp³-hybridized carbons (Fsp3) is 0.500. The van der Waals surface area contributed by atoms with Crippen LogP contribution in [0.25, 0.3) is 0 Å². The van der Waals surface area contributed by atoms with E-state index in [2.05, 4.69) is 10.0 Å². The summed E-state index contributed by atoms with van der Waals surface area (Å²) in [5, 5.41) is 11.7. The van der Waals surface area contributed by atoms with Crippen LogP contribution in [0.5, 0.6) is 0 Å². The number of sulfonamides is 1. The topological polar surface area (TPSA) is 122 Å². The molecule has 0 bridgehead atoms. The molecule has 3 N–H and O–H groups in total. The Kier molecular flexibility index (Phi) is 8.01. The highest BCUT2D eigenvalue weighted by molar-refractivity contribution is 7.89. The smallest absolute Gasteiger partial charge is 0.326 e. The predicted molar refractivity (Wildman–Crippen MR) is 91.9 cm³/mol. The molecule has 1 amide bonds. The SMILES string of the molecule is CC[C@H](C)[C@H](NC(=O)c1cccc(S(=O)(=O)NCCOC)c1)C(=O)O. The largest absolute Gasteiger partial charge is 0.480 e. The van der Waals surface area contributed by atoms with E-state index < -0.39 is 27.9 Å². The first-order chi connectivity index (χ1) is 11.7.